The Balaban J connectivity index is 1.49. The Hall–Kier alpha value is -2.80. The monoisotopic (exact) mass is 409 g/mol. The van der Waals surface area contributed by atoms with Gasteiger partial charge < -0.3 is 15.1 Å². The minimum Gasteiger partial charge on any atom is -0.355 e. The number of benzene rings is 1. The highest BCUT2D eigenvalue weighted by Gasteiger charge is 2.18. The summed E-state index contributed by atoms with van der Waals surface area (Å²) in [4.78, 5) is 37.4. The summed E-state index contributed by atoms with van der Waals surface area (Å²) in [7, 11) is 0. The van der Waals surface area contributed by atoms with E-state index in [0.29, 0.717) is 25.3 Å². The second kappa shape index (κ2) is 12.0. The first-order chi connectivity index (χ1) is 14.7. The average Bonchev–Trinajstić information content (AvgIpc) is 2.80. The maximum atomic E-state index is 12.9. The third-order valence-corrected chi connectivity index (χ3v) is 5.39. The van der Waals surface area contributed by atoms with Crippen LogP contribution in [-0.2, 0) is 11.2 Å². The van der Waals surface area contributed by atoms with Crippen LogP contribution >= 0.6 is 0 Å². The number of likely N-dealkylation sites (tertiary alicyclic amines) is 1. The van der Waals surface area contributed by atoms with Gasteiger partial charge in [-0.15, -0.1) is 0 Å². The lowest BCUT2D eigenvalue weighted by atomic mass is 10.1. The van der Waals surface area contributed by atoms with Gasteiger partial charge in [0.2, 0.25) is 5.91 Å². The predicted molar refractivity (Wildman–Crippen MR) is 116 cm³/mol. The third-order valence-electron chi connectivity index (χ3n) is 5.39. The summed E-state index contributed by atoms with van der Waals surface area (Å²) in [5.41, 5.74) is 1.46. The van der Waals surface area contributed by atoms with E-state index in [1.807, 2.05) is 30.3 Å². The summed E-state index contributed by atoms with van der Waals surface area (Å²) in [6.45, 7) is 4.67. The van der Waals surface area contributed by atoms with Crippen LogP contribution < -0.4 is 5.32 Å². The summed E-state index contributed by atoms with van der Waals surface area (Å²) < 4.78 is 0. The highest BCUT2D eigenvalue weighted by atomic mass is 16.2. The molecule has 0 saturated carbocycles. The van der Waals surface area contributed by atoms with Gasteiger partial charge in [0.05, 0.1) is 6.20 Å². The van der Waals surface area contributed by atoms with Crippen molar-refractivity contribution in [2.24, 2.45) is 0 Å². The van der Waals surface area contributed by atoms with Crippen LogP contribution in [0.5, 0.6) is 0 Å². The number of amides is 2. The molecule has 1 N–H and O–H groups in total. The Morgan fingerprint density at radius 3 is 2.57 bits per heavy atom. The van der Waals surface area contributed by atoms with Crippen molar-refractivity contribution < 1.29 is 9.59 Å². The zero-order valence-electron chi connectivity index (χ0n) is 17.5. The van der Waals surface area contributed by atoms with Crippen molar-refractivity contribution >= 4 is 11.8 Å². The quantitative estimate of drug-likeness (QED) is 0.651. The van der Waals surface area contributed by atoms with E-state index in [1.165, 1.54) is 31.7 Å². The van der Waals surface area contributed by atoms with Crippen molar-refractivity contribution in [2.45, 2.75) is 32.1 Å². The van der Waals surface area contributed by atoms with E-state index in [9.17, 15) is 9.59 Å². The molecular weight excluding hydrogens is 378 g/mol. The number of nitrogens with zero attached hydrogens (tertiary/aromatic N) is 4. The number of carbonyl (C=O) groups excluding carboxylic acids is 2. The maximum Gasteiger partial charge on any atom is 0.274 e. The van der Waals surface area contributed by atoms with E-state index < -0.39 is 0 Å². The van der Waals surface area contributed by atoms with E-state index in [0.717, 1.165) is 31.6 Å². The summed E-state index contributed by atoms with van der Waals surface area (Å²) in [5, 5.41) is 2.99. The Morgan fingerprint density at radius 1 is 1.03 bits per heavy atom. The van der Waals surface area contributed by atoms with Crippen LogP contribution in [0.4, 0.5) is 0 Å². The molecular formula is C23H31N5O2. The van der Waals surface area contributed by atoms with Crippen LogP contribution in [-0.4, -0.2) is 70.9 Å². The molecule has 1 aromatic carbocycles. The van der Waals surface area contributed by atoms with Crippen molar-refractivity contribution in [2.75, 3.05) is 39.3 Å². The van der Waals surface area contributed by atoms with Gasteiger partial charge in [-0.2, -0.15) is 0 Å². The molecule has 7 nitrogen and oxygen atoms in total. The van der Waals surface area contributed by atoms with Crippen LogP contribution in [0.15, 0.2) is 48.9 Å². The molecule has 1 fully saturated rings. The number of piperidine rings is 1. The molecule has 1 aromatic heterocycles. The zero-order valence-corrected chi connectivity index (χ0v) is 17.5. The summed E-state index contributed by atoms with van der Waals surface area (Å²) >= 11 is 0. The molecule has 1 aliphatic heterocycles. The maximum absolute atomic E-state index is 12.9. The average molecular weight is 410 g/mol. The number of aromatic nitrogens is 2. The Labute approximate surface area is 178 Å². The third kappa shape index (κ3) is 7.22. The number of rotatable bonds is 10. The zero-order chi connectivity index (χ0) is 21.0. The van der Waals surface area contributed by atoms with Crippen molar-refractivity contribution in [1.29, 1.82) is 0 Å². The van der Waals surface area contributed by atoms with Crippen molar-refractivity contribution in [3.8, 4) is 0 Å². The number of nitrogens with one attached hydrogen (secondary N) is 1. The predicted octanol–water partition coefficient (Wildman–Crippen LogP) is 2.15. The molecule has 0 atom stereocenters. The summed E-state index contributed by atoms with van der Waals surface area (Å²) in [6, 6.07) is 10.0. The van der Waals surface area contributed by atoms with Crippen molar-refractivity contribution in [3.63, 3.8) is 0 Å². The lowest BCUT2D eigenvalue weighted by molar-refractivity contribution is -0.121. The molecule has 1 saturated heterocycles. The van der Waals surface area contributed by atoms with E-state index in [1.54, 1.807) is 11.1 Å². The molecule has 2 aromatic rings. The van der Waals surface area contributed by atoms with Crippen LogP contribution in [0.2, 0.25) is 0 Å². The molecule has 160 valence electrons. The van der Waals surface area contributed by atoms with Gasteiger partial charge in [0.1, 0.15) is 5.69 Å². The highest BCUT2D eigenvalue weighted by Crippen LogP contribution is 2.08. The van der Waals surface area contributed by atoms with E-state index >= 15 is 0 Å². The standard InChI is InChI=1S/C23H31N5O2/c29-22(26-13-18-27-14-5-2-6-15-27)10-17-28(16-9-20-7-3-1-4-8-20)23(30)21-19-24-11-12-25-21/h1,3-4,7-8,11-12,19H,2,5-6,9-10,13-18H2,(H,26,29). The lowest BCUT2D eigenvalue weighted by Gasteiger charge is -2.26. The van der Waals surface area contributed by atoms with Gasteiger partial charge in [-0.1, -0.05) is 36.8 Å². The molecule has 1 aliphatic rings. The van der Waals surface area contributed by atoms with Crippen molar-refractivity contribution in [1.82, 2.24) is 25.1 Å². The topological polar surface area (TPSA) is 78.4 Å². The van der Waals surface area contributed by atoms with Gasteiger partial charge in [-0.05, 0) is 37.9 Å². The first-order valence-corrected chi connectivity index (χ1v) is 10.8. The number of hydrogen-bond acceptors (Lipinski definition) is 5. The normalized spacial score (nSPS) is 14.3. The fourth-order valence-corrected chi connectivity index (χ4v) is 3.66. The largest absolute Gasteiger partial charge is 0.355 e. The molecule has 0 unspecified atom stereocenters. The SMILES string of the molecule is O=C(CCN(CCc1ccccc1)C(=O)c1cnccn1)NCCN1CCCCC1. The van der Waals surface area contributed by atoms with E-state index in [4.69, 9.17) is 0 Å². The summed E-state index contributed by atoms with van der Waals surface area (Å²) in [6.07, 6.45) is 9.32. The molecule has 0 radical (unpaired) electrons. The fraction of sp³-hybridized carbons (Fsp3) is 0.478. The first-order valence-electron chi connectivity index (χ1n) is 10.8. The van der Waals surface area contributed by atoms with Crippen LogP contribution in [0.3, 0.4) is 0 Å². The second-order valence-corrected chi connectivity index (χ2v) is 7.62. The van der Waals surface area contributed by atoms with Crippen LogP contribution in [0.1, 0.15) is 41.7 Å². The number of carbonyl (C=O) groups is 2. The van der Waals surface area contributed by atoms with Gasteiger partial charge >= 0.3 is 0 Å². The van der Waals surface area contributed by atoms with Gasteiger partial charge in [-0.25, -0.2) is 4.98 Å². The van der Waals surface area contributed by atoms with Gasteiger partial charge in [0.25, 0.3) is 5.91 Å². The molecule has 2 amide bonds. The fourth-order valence-electron chi connectivity index (χ4n) is 3.66. The Kier molecular flexibility index (Phi) is 8.78. The number of hydrogen-bond donors (Lipinski definition) is 1. The van der Waals surface area contributed by atoms with Crippen LogP contribution in [0, 0.1) is 0 Å². The highest BCUT2D eigenvalue weighted by molar-refractivity contribution is 5.92. The lowest BCUT2D eigenvalue weighted by Crippen LogP contribution is -2.40. The Morgan fingerprint density at radius 2 is 1.83 bits per heavy atom. The minimum absolute atomic E-state index is 0.0244. The molecule has 0 aliphatic carbocycles. The molecule has 0 bridgehead atoms. The molecule has 2 heterocycles. The van der Waals surface area contributed by atoms with Gasteiger partial charge in [0.15, 0.2) is 0 Å². The van der Waals surface area contributed by atoms with E-state index in [-0.39, 0.29) is 18.2 Å². The molecule has 3 rings (SSSR count). The van der Waals surface area contributed by atoms with Crippen molar-refractivity contribution in [3.05, 3.63) is 60.2 Å². The van der Waals surface area contributed by atoms with E-state index in [2.05, 4.69) is 20.2 Å². The first kappa shape index (κ1) is 21.9. The van der Waals surface area contributed by atoms with Gasteiger partial charge in [-0.3, -0.25) is 14.6 Å². The molecule has 0 spiro atoms. The summed E-state index contributed by atoms with van der Waals surface area (Å²) in [5.74, 6) is -0.219. The smallest absolute Gasteiger partial charge is 0.274 e. The molecule has 7 heteroatoms. The van der Waals surface area contributed by atoms with Crippen LogP contribution in [0.25, 0.3) is 0 Å². The Bertz CT molecular complexity index is 779. The minimum atomic E-state index is -0.194. The second-order valence-electron chi connectivity index (χ2n) is 7.62. The molecule has 30 heavy (non-hydrogen) atoms. The van der Waals surface area contributed by atoms with Gasteiger partial charge in [0, 0.05) is 45.0 Å².